The highest BCUT2D eigenvalue weighted by Gasteiger charge is 2.58. The first-order valence-corrected chi connectivity index (χ1v) is 23.2. The molecule has 4 fully saturated rings. The van der Waals surface area contributed by atoms with Crippen LogP contribution in [0.4, 0.5) is 17.6 Å². The highest BCUT2D eigenvalue weighted by Crippen LogP contribution is 2.55. The topological polar surface area (TPSA) is 160 Å². The quantitative estimate of drug-likeness (QED) is 0.0961. The average Bonchev–Trinajstić information content (AvgIpc) is 3.48. The number of fused-ring (bicyclic) bond motifs is 2. The van der Waals surface area contributed by atoms with E-state index in [4.69, 9.17) is 5.11 Å². The number of carboxylic acids is 1. The van der Waals surface area contributed by atoms with Crippen molar-refractivity contribution in [2.75, 3.05) is 19.6 Å². The second kappa shape index (κ2) is 17.5. The van der Waals surface area contributed by atoms with Crippen molar-refractivity contribution in [3.8, 4) is 0 Å². The number of nitrogens with zero attached hydrogens (tertiary/aromatic N) is 3. The molecule has 1 aromatic heterocycles. The summed E-state index contributed by atoms with van der Waals surface area (Å²) in [5.41, 5.74) is 0.719. The number of aliphatic carboxylic acids is 1. The van der Waals surface area contributed by atoms with Crippen LogP contribution in [-0.4, -0.2) is 110 Å². The monoisotopic (exact) mass is 877 g/mol. The number of carboxylic acid groups (broad SMARTS) is 1. The third kappa shape index (κ3) is 9.45. The van der Waals surface area contributed by atoms with E-state index in [-0.39, 0.29) is 65.2 Å². The summed E-state index contributed by atoms with van der Waals surface area (Å²) in [6.45, 7) is 4.25. The summed E-state index contributed by atoms with van der Waals surface area (Å²) in [5, 5.41) is 14.4. The van der Waals surface area contributed by atoms with Gasteiger partial charge in [0.1, 0.15) is 18.1 Å². The zero-order valence-electron chi connectivity index (χ0n) is 33.6. The number of rotatable bonds is 14. The molecule has 1 unspecified atom stereocenters. The fourth-order valence-corrected chi connectivity index (χ4v) is 11.9. The highest BCUT2D eigenvalue weighted by molar-refractivity contribution is 7.56. The van der Waals surface area contributed by atoms with Gasteiger partial charge in [0.15, 0.2) is 0 Å². The molecule has 3 aromatic rings. The Morgan fingerprint density at radius 3 is 2.47 bits per heavy atom. The van der Waals surface area contributed by atoms with Gasteiger partial charge in [-0.1, -0.05) is 43.3 Å². The van der Waals surface area contributed by atoms with Crippen molar-refractivity contribution in [1.82, 2.24) is 25.1 Å². The van der Waals surface area contributed by atoms with Crippen LogP contribution in [0.3, 0.4) is 0 Å². The van der Waals surface area contributed by atoms with Crippen molar-refractivity contribution >= 4 is 52.6 Å². The minimum atomic E-state index is -4.82. The molecule has 7 rings (SSSR count). The number of amides is 3. The smallest absolute Gasteiger partial charge is 0.389 e. The second-order valence-electron chi connectivity index (χ2n) is 16.9. The van der Waals surface area contributed by atoms with Crippen molar-refractivity contribution in [3.05, 3.63) is 70.6 Å². The first kappa shape index (κ1) is 44.2. The van der Waals surface area contributed by atoms with Gasteiger partial charge in [-0.25, -0.2) is 9.48 Å². The Labute approximate surface area is 350 Å². The third-order valence-electron chi connectivity index (χ3n) is 12.9. The van der Waals surface area contributed by atoms with Gasteiger partial charge in [0.2, 0.25) is 17.7 Å². The van der Waals surface area contributed by atoms with Crippen LogP contribution < -0.4 is 10.4 Å². The van der Waals surface area contributed by atoms with Crippen LogP contribution in [0.5, 0.6) is 0 Å². The van der Waals surface area contributed by atoms with Gasteiger partial charge in [-0.2, -0.15) is 13.2 Å². The van der Waals surface area contributed by atoms with Gasteiger partial charge in [-0.3, -0.25) is 23.7 Å². The molecule has 2 aromatic carbocycles. The van der Waals surface area contributed by atoms with Gasteiger partial charge in [-0.05, 0) is 113 Å². The number of carbonyl (C=O) groups is 4. The van der Waals surface area contributed by atoms with Crippen molar-refractivity contribution in [2.45, 2.75) is 132 Å². The molecule has 326 valence electrons. The van der Waals surface area contributed by atoms with Gasteiger partial charge in [-0.15, -0.1) is 11.3 Å². The van der Waals surface area contributed by atoms with Crippen LogP contribution in [-0.2, 0) is 18.9 Å². The van der Waals surface area contributed by atoms with E-state index in [0.717, 1.165) is 37.5 Å². The Bertz CT molecular complexity index is 2140. The largest absolute Gasteiger partial charge is 0.480 e. The minimum Gasteiger partial charge on any atom is -0.480 e. The van der Waals surface area contributed by atoms with Gasteiger partial charge >= 0.3 is 19.7 Å². The molecule has 4 heterocycles. The lowest BCUT2D eigenvalue weighted by Gasteiger charge is -2.41. The summed E-state index contributed by atoms with van der Waals surface area (Å²) in [7, 11) is -4.82. The molecule has 1 spiro atoms. The molecule has 1 saturated carbocycles. The Balaban J connectivity index is 1.13. The lowest BCUT2D eigenvalue weighted by molar-refractivity contribution is -0.148. The molecule has 18 heteroatoms. The average molecular weight is 878 g/mol. The summed E-state index contributed by atoms with van der Waals surface area (Å²) in [6.07, 6.45) is -0.566. The zero-order valence-corrected chi connectivity index (χ0v) is 35.3. The van der Waals surface area contributed by atoms with E-state index in [2.05, 4.69) is 17.4 Å². The van der Waals surface area contributed by atoms with Crippen LogP contribution in [0.25, 0.3) is 10.1 Å². The third-order valence-corrected chi connectivity index (χ3v) is 15.7. The van der Waals surface area contributed by atoms with E-state index in [1.165, 1.54) is 29.8 Å². The molecule has 8 atom stereocenters. The number of alkyl halides is 4. The maximum atomic E-state index is 15.4. The number of thiophene rings is 1. The number of likely N-dealkylation sites (tertiary alicyclic amines) is 1. The van der Waals surface area contributed by atoms with E-state index in [1.807, 2.05) is 40.0 Å². The van der Waals surface area contributed by atoms with Gasteiger partial charge < -0.3 is 30.0 Å². The molecule has 4 N–H and O–H groups in total. The SMILES string of the molecule is CCN(CCCC(F)(F)F)[C@H]1CC[C@H](NC(=O)c2cc3cc([C@H](F)P(=O)(O)N[C@@H](C)C(=O)O)ccc3s2)C(=O)N2[C@H](CC[C@H]2C(=O)N2C[C@H](c3ccccc3)CC23CC3)C1. The van der Waals surface area contributed by atoms with Crippen LogP contribution in [0, 0.1) is 0 Å². The highest BCUT2D eigenvalue weighted by atomic mass is 32.1. The number of hydrogen-bond acceptors (Lipinski definition) is 7. The predicted octanol–water partition coefficient (Wildman–Crippen LogP) is 7.34. The summed E-state index contributed by atoms with van der Waals surface area (Å²) >= 11 is 1.07. The molecular weight excluding hydrogens is 826 g/mol. The van der Waals surface area contributed by atoms with Crippen molar-refractivity contribution in [2.24, 2.45) is 0 Å². The fraction of sp³-hybridized carbons (Fsp3) is 0.571. The molecule has 0 bridgehead atoms. The van der Waals surface area contributed by atoms with Crippen molar-refractivity contribution in [1.29, 1.82) is 0 Å². The van der Waals surface area contributed by atoms with Crippen molar-refractivity contribution in [3.63, 3.8) is 0 Å². The van der Waals surface area contributed by atoms with E-state index in [1.54, 1.807) is 4.90 Å². The molecule has 4 aliphatic rings. The Kier molecular flexibility index (Phi) is 12.9. The number of hydrogen-bond donors (Lipinski definition) is 4. The summed E-state index contributed by atoms with van der Waals surface area (Å²) in [6, 6.07) is 11.8. The Hall–Kier alpha value is -3.89. The van der Waals surface area contributed by atoms with Crippen LogP contribution >= 0.6 is 18.9 Å². The number of carbonyl (C=O) groups excluding carboxylic acids is 3. The second-order valence-corrected chi connectivity index (χ2v) is 19.9. The lowest BCUT2D eigenvalue weighted by Crippen LogP contribution is -2.59. The van der Waals surface area contributed by atoms with E-state index >= 15 is 4.39 Å². The molecule has 12 nitrogen and oxygen atoms in total. The minimum absolute atomic E-state index is 0.0767. The van der Waals surface area contributed by atoms with E-state index in [0.29, 0.717) is 48.9 Å². The van der Waals surface area contributed by atoms with E-state index in [9.17, 15) is 41.8 Å². The number of benzene rings is 2. The Morgan fingerprint density at radius 2 is 1.80 bits per heavy atom. The van der Waals surface area contributed by atoms with Gasteiger partial charge in [0, 0.05) is 41.2 Å². The molecule has 0 radical (unpaired) electrons. The molecule has 3 saturated heterocycles. The van der Waals surface area contributed by atoms with Crippen LogP contribution in [0.2, 0.25) is 0 Å². The Morgan fingerprint density at radius 1 is 1.07 bits per heavy atom. The van der Waals surface area contributed by atoms with Crippen molar-refractivity contribution < 1.29 is 51.3 Å². The normalized spacial score (nSPS) is 26.1. The molecule has 3 aliphatic heterocycles. The standard InChI is InChI=1S/C42H52F4N5O7PS/c1-3-49(19-7-16-42(44,45)46)30-11-13-32(47-37(52)35-21-28-20-27(10-15-34(28)60-35)36(43)59(57,58)48-25(2)40(55)56)38(53)51-31(22-30)12-14-33(51)39(54)50-24-29(23-41(50)17-18-41)26-8-5-4-6-9-26/h4-6,8-10,15,20-21,25,29-33,36H,3,7,11-14,16-19,22-24H2,1-2H3,(H,47,52)(H,55,56)(H2,48,57,58)/t25-,29+,30-,31+,32-,33-,36+/m0/s1. The summed E-state index contributed by atoms with van der Waals surface area (Å²) in [5.74, 6) is -4.79. The maximum Gasteiger partial charge on any atom is 0.389 e. The van der Waals surface area contributed by atoms with Gasteiger partial charge in [0.05, 0.1) is 4.88 Å². The lowest BCUT2D eigenvalue weighted by atomic mass is 9.93. The zero-order chi connectivity index (χ0) is 43.1. The first-order chi connectivity index (χ1) is 28.4. The molecular formula is C42H52F4N5O7PS. The molecule has 1 aliphatic carbocycles. The molecule has 3 amide bonds. The van der Waals surface area contributed by atoms with Crippen LogP contribution in [0.15, 0.2) is 54.6 Å². The fourth-order valence-electron chi connectivity index (χ4n) is 9.60. The van der Waals surface area contributed by atoms with Gasteiger partial charge in [0.25, 0.3) is 5.91 Å². The first-order valence-electron chi connectivity index (χ1n) is 20.7. The number of nitrogens with one attached hydrogen (secondary N) is 2. The summed E-state index contributed by atoms with van der Waals surface area (Å²) < 4.78 is 68.1. The molecule has 60 heavy (non-hydrogen) atoms. The summed E-state index contributed by atoms with van der Waals surface area (Å²) in [4.78, 5) is 70.8. The van der Waals surface area contributed by atoms with E-state index < -0.39 is 56.0 Å². The predicted molar refractivity (Wildman–Crippen MR) is 218 cm³/mol. The number of halogens is 4. The maximum absolute atomic E-state index is 15.4. The van der Waals surface area contributed by atoms with Crippen LogP contribution in [0.1, 0.15) is 111 Å².